The van der Waals surface area contributed by atoms with Crippen LogP contribution in [0.25, 0.3) is 0 Å². The molecular weight excluding hydrogens is 231 g/mol. The molecule has 0 saturated carbocycles. The fraction of sp³-hybridized carbons (Fsp3) is 0.647. The molecule has 1 aliphatic heterocycles. The average Bonchev–Trinajstić information content (AvgIpc) is 2.86. The van der Waals surface area contributed by atoms with Crippen molar-refractivity contribution in [2.45, 2.75) is 68.3 Å². The molecule has 110 valence electrons. The van der Waals surface area contributed by atoms with Gasteiger partial charge in [-0.3, -0.25) is 0 Å². The third-order valence-electron chi connectivity index (χ3n) is 2.80. The van der Waals surface area contributed by atoms with Gasteiger partial charge in [0.1, 0.15) is 0 Å². The maximum atomic E-state index is 5.42. The molecule has 0 bridgehead atoms. The van der Waals surface area contributed by atoms with Crippen molar-refractivity contribution in [2.75, 3.05) is 0 Å². The van der Waals surface area contributed by atoms with Crippen molar-refractivity contribution in [3.8, 4) is 0 Å². The highest BCUT2D eigenvalue weighted by Crippen LogP contribution is 2.08. The minimum absolute atomic E-state index is 0.302. The van der Waals surface area contributed by atoms with Crippen molar-refractivity contribution in [1.29, 1.82) is 0 Å². The Hall–Kier alpha value is -0.755. The van der Waals surface area contributed by atoms with Gasteiger partial charge in [0.05, 0.1) is 6.61 Å². The lowest BCUT2D eigenvalue weighted by molar-refractivity contribution is 0.333. The Balaban J connectivity index is 0. The average molecular weight is 264 g/mol. The Morgan fingerprint density at radius 2 is 1.58 bits per heavy atom. The fourth-order valence-corrected chi connectivity index (χ4v) is 1.37. The summed E-state index contributed by atoms with van der Waals surface area (Å²) in [5.41, 5.74) is 2.69. The molecule has 1 heterocycles. The molecule has 19 heavy (non-hydrogen) atoms. The highest BCUT2D eigenvalue weighted by Gasteiger charge is 2.21. The van der Waals surface area contributed by atoms with Gasteiger partial charge in [-0.2, -0.15) is 0 Å². The number of hydrogen-bond acceptors (Lipinski definition) is 1. The zero-order chi connectivity index (χ0) is 15.3. The third-order valence-corrected chi connectivity index (χ3v) is 2.80. The second kappa shape index (κ2) is 13.7. The van der Waals surface area contributed by atoms with E-state index in [9.17, 15) is 0 Å². The first kappa shape index (κ1) is 20.6. The molecule has 2 rings (SSSR count). The van der Waals surface area contributed by atoms with Crippen molar-refractivity contribution in [3.05, 3.63) is 29.8 Å². The van der Waals surface area contributed by atoms with Crippen molar-refractivity contribution < 1.29 is 4.65 Å². The minimum atomic E-state index is 0.302. The molecule has 1 aromatic rings. The first-order valence-corrected chi connectivity index (χ1v) is 7.84. The summed E-state index contributed by atoms with van der Waals surface area (Å²) in [5, 5.41) is 0. The summed E-state index contributed by atoms with van der Waals surface area (Å²) < 4.78 is 5.42. The maximum absolute atomic E-state index is 5.42. The van der Waals surface area contributed by atoms with E-state index in [4.69, 9.17) is 4.65 Å². The summed E-state index contributed by atoms with van der Waals surface area (Å²) in [6.45, 7) is 17.8. The fourth-order valence-electron chi connectivity index (χ4n) is 1.37. The van der Waals surface area contributed by atoms with E-state index in [1.54, 1.807) is 0 Å². The SMILES string of the molecule is CB1OCc2ccccc21.CC.CC.CCC(C)C. The summed E-state index contributed by atoms with van der Waals surface area (Å²) in [6.07, 6.45) is 1.31. The molecule has 1 aromatic carbocycles. The van der Waals surface area contributed by atoms with Crippen LogP contribution >= 0.6 is 0 Å². The normalized spacial score (nSPS) is 11.3. The Morgan fingerprint density at radius 3 is 2.00 bits per heavy atom. The van der Waals surface area contributed by atoms with Crippen LogP contribution in [-0.4, -0.2) is 6.92 Å². The van der Waals surface area contributed by atoms with Crippen LogP contribution in [0.4, 0.5) is 0 Å². The lowest BCUT2D eigenvalue weighted by Crippen LogP contribution is -2.23. The summed E-state index contributed by atoms with van der Waals surface area (Å²) in [6, 6.07) is 8.37. The van der Waals surface area contributed by atoms with Crippen LogP contribution in [0.2, 0.25) is 6.82 Å². The van der Waals surface area contributed by atoms with Gasteiger partial charge in [0, 0.05) is 0 Å². The van der Waals surface area contributed by atoms with Crippen molar-refractivity contribution >= 4 is 12.4 Å². The van der Waals surface area contributed by atoms with Gasteiger partial charge < -0.3 is 4.65 Å². The molecule has 1 nitrogen and oxygen atoms in total. The molecule has 0 aromatic heterocycles. The van der Waals surface area contributed by atoms with Crippen LogP contribution in [0.1, 0.15) is 60.5 Å². The number of rotatable bonds is 1. The van der Waals surface area contributed by atoms with E-state index in [0.29, 0.717) is 6.92 Å². The predicted octanol–water partition coefficient (Wildman–Crippen LogP) is 5.15. The van der Waals surface area contributed by atoms with E-state index in [0.717, 1.165) is 12.5 Å². The van der Waals surface area contributed by atoms with E-state index in [-0.39, 0.29) is 0 Å². The van der Waals surface area contributed by atoms with E-state index in [1.165, 1.54) is 17.4 Å². The first-order chi connectivity index (χ1) is 9.15. The topological polar surface area (TPSA) is 9.23 Å². The van der Waals surface area contributed by atoms with Crippen LogP contribution < -0.4 is 5.46 Å². The summed E-state index contributed by atoms with van der Waals surface area (Å²) in [7, 11) is 0. The van der Waals surface area contributed by atoms with Crippen LogP contribution in [0.3, 0.4) is 0 Å². The van der Waals surface area contributed by atoms with Gasteiger partial charge in [-0.1, -0.05) is 86.0 Å². The van der Waals surface area contributed by atoms with E-state index in [1.807, 2.05) is 27.7 Å². The second-order valence-electron chi connectivity index (χ2n) is 4.45. The largest absolute Gasteiger partial charge is 0.427 e. The Morgan fingerprint density at radius 1 is 1.11 bits per heavy atom. The molecule has 0 spiro atoms. The maximum Gasteiger partial charge on any atom is 0.324 e. The molecule has 1 aliphatic rings. The van der Waals surface area contributed by atoms with Gasteiger partial charge in [0.2, 0.25) is 0 Å². The Labute approximate surface area is 121 Å². The molecule has 0 unspecified atom stereocenters. The monoisotopic (exact) mass is 264 g/mol. The highest BCUT2D eigenvalue weighted by molar-refractivity contribution is 6.67. The molecule has 0 N–H and O–H groups in total. The summed E-state index contributed by atoms with van der Waals surface area (Å²) >= 11 is 0. The number of fused-ring (bicyclic) bond motifs is 1. The Kier molecular flexibility index (Phi) is 14.8. The molecule has 2 heteroatoms. The van der Waals surface area contributed by atoms with Gasteiger partial charge >= 0.3 is 6.92 Å². The minimum Gasteiger partial charge on any atom is -0.427 e. The highest BCUT2D eigenvalue weighted by atomic mass is 16.4. The molecule has 0 aliphatic carbocycles. The molecular formula is C17H33BO. The van der Waals surface area contributed by atoms with Crippen molar-refractivity contribution in [3.63, 3.8) is 0 Å². The predicted molar refractivity (Wildman–Crippen MR) is 90.3 cm³/mol. The van der Waals surface area contributed by atoms with E-state index < -0.39 is 0 Å². The molecule has 0 amide bonds. The van der Waals surface area contributed by atoms with Gasteiger partial charge in [-0.05, 0) is 16.9 Å². The molecule has 0 fully saturated rings. The van der Waals surface area contributed by atoms with E-state index >= 15 is 0 Å². The summed E-state index contributed by atoms with van der Waals surface area (Å²) in [4.78, 5) is 0. The number of hydrogen-bond donors (Lipinski definition) is 0. The smallest absolute Gasteiger partial charge is 0.324 e. The van der Waals surface area contributed by atoms with Gasteiger partial charge in [-0.15, -0.1) is 0 Å². The molecule has 0 radical (unpaired) electrons. The van der Waals surface area contributed by atoms with Crippen molar-refractivity contribution in [2.24, 2.45) is 5.92 Å². The second-order valence-corrected chi connectivity index (χ2v) is 4.45. The standard InChI is InChI=1S/C8H9BO.C5H12.2C2H6/c1-9-8-5-3-2-4-7(8)6-10-9;1-4-5(2)3;2*1-2/h2-5H,6H2,1H3;5H,4H2,1-3H3;2*1-2H3. The molecule has 0 atom stereocenters. The lowest BCUT2D eigenvalue weighted by Gasteiger charge is -1.95. The number of benzene rings is 1. The van der Waals surface area contributed by atoms with Crippen LogP contribution in [0.5, 0.6) is 0 Å². The quantitative estimate of drug-likeness (QED) is 0.637. The van der Waals surface area contributed by atoms with Crippen LogP contribution in [0.15, 0.2) is 24.3 Å². The zero-order valence-electron chi connectivity index (χ0n) is 14.3. The van der Waals surface area contributed by atoms with Gasteiger partial charge in [-0.25, -0.2) is 0 Å². The summed E-state index contributed by atoms with van der Waals surface area (Å²) in [5.74, 6) is 0.884. The molecule has 0 saturated heterocycles. The van der Waals surface area contributed by atoms with Crippen LogP contribution in [-0.2, 0) is 11.3 Å². The Bertz CT molecular complexity index is 297. The van der Waals surface area contributed by atoms with Crippen LogP contribution in [0, 0.1) is 5.92 Å². The van der Waals surface area contributed by atoms with E-state index in [2.05, 4.69) is 51.9 Å². The first-order valence-electron chi connectivity index (χ1n) is 7.84. The zero-order valence-corrected chi connectivity index (χ0v) is 14.3. The van der Waals surface area contributed by atoms with Gasteiger partial charge in [0.25, 0.3) is 0 Å². The van der Waals surface area contributed by atoms with Gasteiger partial charge in [0.15, 0.2) is 0 Å². The lowest BCUT2D eigenvalue weighted by atomic mass is 9.64. The van der Waals surface area contributed by atoms with Crippen molar-refractivity contribution in [1.82, 2.24) is 0 Å². The third kappa shape index (κ3) is 8.88.